The summed E-state index contributed by atoms with van der Waals surface area (Å²) in [6, 6.07) is 21.7. The van der Waals surface area contributed by atoms with Crippen molar-refractivity contribution in [2.45, 2.75) is 13.0 Å². The molecule has 2 nitrogen and oxygen atoms in total. The summed E-state index contributed by atoms with van der Waals surface area (Å²) in [6.07, 6.45) is 0.774. The van der Waals surface area contributed by atoms with Gasteiger partial charge in [0.05, 0.1) is 0 Å². The van der Waals surface area contributed by atoms with E-state index in [1.54, 1.807) is 12.1 Å². The van der Waals surface area contributed by atoms with Crippen molar-refractivity contribution in [3.8, 4) is 5.75 Å². The van der Waals surface area contributed by atoms with E-state index in [0.29, 0.717) is 5.56 Å². The van der Waals surface area contributed by atoms with Gasteiger partial charge in [-0.15, -0.1) is 0 Å². The molecule has 2 heteroatoms. The molecule has 0 aliphatic heterocycles. The molecule has 0 bridgehead atoms. The molecule has 0 fully saturated rings. The molecule has 0 saturated carbocycles. The number of ether oxygens (including phenoxy) is 1. The van der Waals surface area contributed by atoms with Crippen LogP contribution in [0, 0.1) is 0 Å². The monoisotopic (exact) mass is 276 g/mol. The Labute approximate surface area is 124 Å². The van der Waals surface area contributed by atoms with Gasteiger partial charge in [-0.3, -0.25) is 4.79 Å². The highest BCUT2D eigenvalue weighted by Gasteiger charge is 2.10. The van der Waals surface area contributed by atoms with Crippen molar-refractivity contribution in [1.29, 1.82) is 0 Å². The normalized spacial score (nSPS) is 12.0. The van der Waals surface area contributed by atoms with Crippen molar-refractivity contribution in [1.82, 2.24) is 0 Å². The molecular weight excluding hydrogens is 260 g/mol. The molecule has 0 aliphatic carbocycles. The quantitative estimate of drug-likeness (QED) is 0.640. The van der Waals surface area contributed by atoms with Gasteiger partial charge in [0.15, 0.2) is 0 Å². The Morgan fingerprint density at radius 3 is 2.38 bits per heavy atom. The molecule has 3 aromatic carbocycles. The minimum absolute atomic E-state index is 0.0572. The van der Waals surface area contributed by atoms with E-state index in [9.17, 15) is 4.79 Å². The lowest BCUT2D eigenvalue weighted by Gasteiger charge is -2.17. The molecule has 0 spiro atoms. The van der Waals surface area contributed by atoms with Crippen LogP contribution in [0.25, 0.3) is 10.8 Å². The van der Waals surface area contributed by atoms with Crippen molar-refractivity contribution in [2.24, 2.45) is 0 Å². The first kappa shape index (κ1) is 13.4. The highest BCUT2D eigenvalue weighted by Crippen LogP contribution is 2.28. The highest BCUT2D eigenvalue weighted by atomic mass is 16.5. The number of carbonyl (C=O) groups excluding carboxylic acids is 1. The Morgan fingerprint density at radius 1 is 0.905 bits per heavy atom. The predicted octanol–water partition coefficient (Wildman–Crippen LogP) is 4.79. The van der Waals surface area contributed by atoms with E-state index < -0.39 is 0 Å². The van der Waals surface area contributed by atoms with Crippen molar-refractivity contribution in [3.63, 3.8) is 0 Å². The Bertz CT molecular complexity index is 755. The molecule has 0 radical (unpaired) electrons. The zero-order chi connectivity index (χ0) is 14.7. The maximum absolute atomic E-state index is 10.7. The van der Waals surface area contributed by atoms with Crippen molar-refractivity contribution < 1.29 is 9.53 Å². The second-order valence-electron chi connectivity index (χ2n) is 5.02. The van der Waals surface area contributed by atoms with Crippen LogP contribution in [0.2, 0.25) is 0 Å². The molecular formula is C19H16O2. The third-order valence-electron chi connectivity index (χ3n) is 3.59. The lowest BCUT2D eigenvalue weighted by atomic mass is 10.0. The topological polar surface area (TPSA) is 26.3 Å². The molecule has 3 rings (SSSR count). The van der Waals surface area contributed by atoms with E-state index in [2.05, 4.69) is 24.3 Å². The minimum Gasteiger partial charge on any atom is -0.486 e. The molecule has 0 aliphatic rings. The standard InChI is InChI=1S/C19H16O2/c1-14(21-17-11-9-15(13-20)10-12-17)18-8-4-6-16-5-2-3-7-19(16)18/h2-14H,1H3. The Kier molecular flexibility index (Phi) is 3.69. The van der Waals surface area contributed by atoms with Gasteiger partial charge in [0.25, 0.3) is 0 Å². The maximum Gasteiger partial charge on any atom is 0.150 e. The second kappa shape index (κ2) is 5.80. The third-order valence-corrected chi connectivity index (χ3v) is 3.59. The first-order valence-corrected chi connectivity index (χ1v) is 6.97. The van der Waals surface area contributed by atoms with Gasteiger partial charge in [-0.1, -0.05) is 42.5 Å². The molecule has 0 N–H and O–H groups in total. The van der Waals surface area contributed by atoms with Crippen LogP contribution in [-0.4, -0.2) is 6.29 Å². The second-order valence-corrected chi connectivity index (χ2v) is 5.02. The van der Waals surface area contributed by atoms with Crippen molar-refractivity contribution in [2.75, 3.05) is 0 Å². The summed E-state index contributed by atoms with van der Waals surface area (Å²) in [5.41, 5.74) is 1.81. The minimum atomic E-state index is -0.0572. The first-order valence-electron chi connectivity index (χ1n) is 6.97. The fourth-order valence-electron chi connectivity index (χ4n) is 2.50. The van der Waals surface area contributed by atoms with E-state index in [0.717, 1.165) is 17.6 Å². The largest absolute Gasteiger partial charge is 0.486 e. The van der Waals surface area contributed by atoms with Crippen LogP contribution in [0.1, 0.15) is 28.9 Å². The predicted molar refractivity (Wildman–Crippen MR) is 84.8 cm³/mol. The van der Waals surface area contributed by atoms with Gasteiger partial charge >= 0.3 is 0 Å². The van der Waals surface area contributed by atoms with Crippen LogP contribution in [0.4, 0.5) is 0 Å². The number of benzene rings is 3. The van der Waals surface area contributed by atoms with E-state index >= 15 is 0 Å². The van der Waals surface area contributed by atoms with Gasteiger partial charge in [-0.25, -0.2) is 0 Å². The van der Waals surface area contributed by atoms with E-state index in [4.69, 9.17) is 4.74 Å². The van der Waals surface area contributed by atoms with Gasteiger partial charge in [-0.05, 0) is 47.5 Å². The van der Waals surface area contributed by atoms with Gasteiger partial charge in [-0.2, -0.15) is 0 Å². The maximum atomic E-state index is 10.7. The van der Waals surface area contributed by atoms with E-state index in [-0.39, 0.29) is 6.10 Å². The summed E-state index contributed by atoms with van der Waals surface area (Å²) in [4.78, 5) is 10.7. The number of hydrogen-bond acceptors (Lipinski definition) is 2. The zero-order valence-electron chi connectivity index (χ0n) is 11.8. The Morgan fingerprint density at radius 2 is 1.62 bits per heavy atom. The number of hydrogen-bond donors (Lipinski definition) is 0. The molecule has 0 aromatic heterocycles. The summed E-state index contributed by atoms with van der Waals surface area (Å²) < 4.78 is 5.99. The fraction of sp³-hybridized carbons (Fsp3) is 0.105. The van der Waals surface area contributed by atoms with Crippen molar-refractivity contribution in [3.05, 3.63) is 77.9 Å². The molecule has 104 valence electrons. The number of aldehydes is 1. The molecule has 21 heavy (non-hydrogen) atoms. The third kappa shape index (κ3) is 2.79. The van der Waals surface area contributed by atoms with Crippen LogP contribution >= 0.6 is 0 Å². The summed E-state index contributed by atoms with van der Waals surface area (Å²) >= 11 is 0. The summed E-state index contributed by atoms with van der Waals surface area (Å²) in [5, 5.41) is 2.42. The van der Waals surface area contributed by atoms with Crippen LogP contribution in [-0.2, 0) is 0 Å². The molecule has 0 heterocycles. The highest BCUT2D eigenvalue weighted by molar-refractivity contribution is 5.86. The first-order chi connectivity index (χ1) is 10.3. The molecule has 1 unspecified atom stereocenters. The lowest BCUT2D eigenvalue weighted by Crippen LogP contribution is -2.03. The fourth-order valence-corrected chi connectivity index (χ4v) is 2.50. The summed E-state index contributed by atoms with van der Waals surface area (Å²) in [7, 11) is 0. The average molecular weight is 276 g/mol. The summed E-state index contributed by atoms with van der Waals surface area (Å²) in [6.45, 7) is 2.04. The number of rotatable bonds is 4. The van der Waals surface area contributed by atoms with E-state index in [1.807, 2.05) is 37.3 Å². The van der Waals surface area contributed by atoms with Gasteiger partial charge < -0.3 is 4.74 Å². The van der Waals surface area contributed by atoms with Crippen LogP contribution < -0.4 is 4.74 Å². The smallest absolute Gasteiger partial charge is 0.150 e. The Balaban J connectivity index is 1.89. The Hall–Kier alpha value is -2.61. The van der Waals surface area contributed by atoms with Crippen molar-refractivity contribution >= 4 is 17.1 Å². The molecule has 0 amide bonds. The number of fused-ring (bicyclic) bond motifs is 1. The van der Waals surface area contributed by atoms with E-state index in [1.165, 1.54) is 10.8 Å². The van der Waals surface area contributed by atoms with Crippen LogP contribution in [0.3, 0.4) is 0 Å². The summed E-state index contributed by atoms with van der Waals surface area (Å²) in [5.74, 6) is 0.765. The SMILES string of the molecule is CC(Oc1ccc(C=O)cc1)c1cccc2ccccc12. The molecule has 1 atom stereocenters. The van der Waals surface area contributed by atoms with Crippen LogP contribution in [0.15, 0.2) is 66.7 Å². The van der Waals surface area contributed by atoms with Gasteiger partial charge in [0.1, 0.15) is 18.1 Å². The van der Waals surface area contributed by atoms with Gasteiger partial charge in [0, 0.05) is 5.56 Å². The number of carbonyl (C=O) groups is 1. The average Bonchev–Trinajstić information content (AvgIpc) is 2.55. The van der Waals surface area contributed by atoms with Crippen LogP contribution in [0.5, 0.6) is 5.75 Å². The lowest BCUT2D eigenvalue weighted by molar-refractivity contribution is 0.112. The van der Waals surface area contributed by atoms with Gasteiger partial charge in [0.2, 0.25) is 0 Å². The molecule has 0 saturated heterocycles. The molecule has 3 aromatic rings. The zero-order valence-corrected chi connectivity index (χ0v) is 11.8.